The molecule has 0 unspecified atom stereocenters. The van der Waals surface area contributed by atoms with Gasteiger partial charge < -0.3 is 16.5 Å². The molecule has 0 aliphatic heterocycles. The van der Waals surface area contributed by atoms with E-state index in [1.165, 1.54) is 12.3 Å². The van der Waals surface area contributed by atoms with Crippen molar-refractivity contribution >= 4 is 11.6 Å². The molecule has 0 saturated carbocycles. The Morgan fingerprint density at radius 2 is 2.33 bits per heavy atom. The third-order valence-corrected chi connectivity index (χ3v) is 1.77. The van der Waals surface area contributed by atoms with Gasteiger partial charge in [-0.25, -0.2) is 0 Å². The highest BCUT2D eigenvalue weighted by molar-refractivity contribution is 6.30. The van der Waals surface area contributed by atoms with Crippen LogP contribution >= 0.6 is 11.6 Å². The van der Waals surface area contributed by atoms with Gasteiger partial charge in [-0.05, 0) is 6.07 Å². The quantitative estimate of drug-likeness (QED) is 0.609. The predicted molar refractivity (Wildman–Crippen MR) is 48.1 cm³/mol. The second kappa shape index (κ2) is 3.71. The van der Waals surface area contributed by atoms with E-state index >= 15 is 0 Å². The zero-order valence-corrected chi connectivity index (χ0v) is 7.14. The van der Waals surface area contributed by atoms with Crippen LogP contribution in [-0.2, 0) is 0 Å². The maximum absolute atomic E-state index is 11.1. The fourth-order valence-corrected chi connectivity index (χ4v) is 1.05. The topological polar surface area (TPSA) is 84.9 Å². The summed E-state index contributed by atoms with van der Waals surface area (Å²) in [4.78, 5) is 13.6. The third-order valence-electron chi connectivity index (χ3n) is 1.55. The van der Waals surface area contributed by atoms with Crippen LogP contribution in [0, 0.1) is 0 Å². The number of nitrogens with one attached hydrogen (secondary N) is 1. The molecule has 5 heteroatoms. The zero-order chi connectivity index (χ0) is 9.14. The van der Waals surface area contributed by atoms with Crippen LogP contribution in [-0.4, -0.2) is 11.5 Å². The SMILES string of the molecule is NC[C@H](N)c1cc(Cl)c[nH]c1=O. The summed E-state index contributed by atoms with van der Waals surface area (Å²) in [7, 11) is 0. The molecule has 0 fully saturated rings. The van der Waals surface area contributed by atoms with Gasteiger partial charge in [0.2, 0.25) is 0 Å². The Bertz CT molecular complexity index is 323. The summed E-state index contributed by atoms with van der Waals surface area (Å²) >= 11 is 5.65. The Morgan fingerprint density at radius 3 is 2.92 bits per heavy atom. The minimum Gasteiger partial charge on any atom is -0.329 e. The van der Waals surface area contributed by atoms with Crippen molar-refractivity contribution in [3.05, 3.63) is 33.2 Å². The molecule has 0 aliphatic rings. The minimum atomic E-state index is -0.451. The average Bonchev–Trinajstić information content (AvgIpc) is 2.08. The van der Waals surface area contributed by atoms with Gasteiger partial charge in [-0.15, -0.1) is 0 Å². The number of hydrogen-bond acceptors (Lipinski definition) is 3. The highest BCUT2D eigenvalue weighted by Gasteiger charge is 2.08. The number of rotatable bonds is 2. The second-order valence-electron chi connectivity index (χ2n) is 2.44. The number of H-pyrrole nitrogens is 1. The summed E-state index contributed by atoms with van der Waals surface area (Å²) in [6, 6.07) is 1.07. The Morgan fingerprint density at radius 1 is 1.67 bits per heavy atom. The van der Waals surface area contributed by atoms with E-state index in [1.54, 1.807) is 0 Å². The van der Waals surface area contributed by atoms with E-state index < -0.39 is 6.04 Å². The van der Waals surface area contributed by atoms with E-state index in [0.717, 1.165) is 0 Å². The number of aromatic amines is 1. The molecule has 0 saturated heterocycles. The van der Waals surface area contributed by atoms with Gasteiger partial charge in [0.15, 0.2) is 0 Å². The van der Waals surface area contributed by atoms with E-state index in [2.05, 4.69) is 4.98 Å². The molecule has 5 N–H and O–H groups in total. The fraction of sp³-hybridized carbons (Fsp3) is 0.286. The smallest absolute Gasteiger partial charge is 0.252 e. The lowest BCUT2D eigenvalue weighted by molar-refractivity contribution is 0.725. The molecule has 1 heterocycles. The van der Waals surface area contributed by atoms with Gasteiger partial charge in [0, 0.05) is 24.3 Å². The van der Waals surface area contributed by atoms with Gasteiger partial charge >= 0.3 is 0 Å². The Hall–Kier alpha value is -0.840. The molecule has 4 nitrogen and oxygen atoms in total. The number of nitrogens with two attached hydrogens (primary N) is 2. The molecular weight excluding hydrogens is 178 g/mol. The van der Waals surface area contributed by atoms with Gasteiger partial charge in [-0.3, -0.25) is 4.79 Å². The van der Waals surface area contributed by atoms with Crippen LogP contribution in [0.4, 0.5) is 0 Å². The molecular formula is C7H10ClN3O. The first-order chi connectivity index (χ1) is 5.65. The van der Waals surface area contributed by atoms with Gasteiger partial charge in [0.25, 0.3) is 5.56 Å². The molecule has 1 aromatic heterocycles. The van der Waals surface area contributed by atoms with Crippen molar-refractivity contribution in [3.63, 3.8) is 0 Å². The molecule has 66 valence electrons. The second-order valence-corrected chi connectivity index (χ2v) is 2.88. The summed E-state index contributed by atoms with van der Waals surface area (Å²) in [5, 5.41) is 0.452. The zero-order valence-electron chi connectivity index (χ0n) is 6.38. The van der Waals surface area contributed by atoms with Crippen molar-refractivity contribution < 1.29 is 0 Å². The van der Waals surface area contributed by atoms with Crippen molar-refractivity contribution in [2.75, 3.05) is 6.54 Å². The van der Waals surface area contributed by atoms with Crippen LogP contribution in [0.1, 0.15) is 11.6 Å². The molecule has 0 bridgehead atoms. The molecule has 0 aromatic carbocycles. The molecule has 0 amide bonds. The van der Waals surface area contributed by atoms with Crippen molar-refractivity contribution in [1.29, 1.82) is 0 Å². The highest BCUT2D eigenvalue weighted by Crippen LogP contribution is 2.09. The van der Waals surface area contributed by atoms with E-state index in [1.807, 2.05) is 0 Å². The van der Waals surface area contributed by atoms with Gasteiger partial charge in [0.05, 0.1) is 5.02 Å². The molecule has 1 rings (SSSR count). The first kappa shape index (κ1) is 9.25. The molecule has 12 heavy (non-hydrogen) atoms. The van der Waals surface area contributed by atoms with Crippen LogP contribution in [0.2, 0.25) is 5.02 Å². The van der Waals surface area contributed by atoms with Crippen LogP contribution in [0.25, 0.3) is 0 Å². The largest absolute Gasteiger partial charge is 0.329 e. The standard InChI is InChI=1S/C7H10ClN3O/c8-4-1-5(6(10)2-9)7(12)11-3-4/h1,3,6H,2,9-10H2,(H,11,12)/t6-/m0/s1. The fourth-order valence-electron chi connectivity index (χ4n) is 0.876. The minimum absolute atomic E-state index is 0.226. The summed E-state index contributed by atoms with van der Waals surface area (Å²) in [6.45, 7) is 0.226. The van der Waals surface area contributed by atoms with E-state index in [9.17, 15) is 4.79 Å². The Kier molecular flexibility index (Phi) is 2.86. The van der Waals surface area contributed by atoms with Crippen LogP contribution < -0.4 is 17.0 Å². The van der Waals surface area contributed by atoms with E-state index in [-0.39, 0.29) is 12.1 Å². The maximum atomic E-state index is 11.1. The number of pyridine rings is 1. The number of halogens is 1. The predicted octanol–water partition coefficient (Wildman–Crippen LogP) is -0.0132. The molecule has 0 spiro atoms. The van der Waals surface area contributed by atoms with Gasteiger partial charge in [0.1, 0.15) is 0 Å². The van der Waals surface area contributed by atoms with E-state index in [0.29, 0.717) is 10.6 Å². The first-order valence-electron chi connectivity index (χ1n) is 3.49. The monoisotopic (exact) mass is 187 g/mol. The van der Waals surface area contributed by atoms with Crippen molar-refractivity contribution in [1.82, 2.24) is 4.98 Å². The summed E-state index contributed by atoms with van der Waals surface area (Å²) < 4.78 is 0. The summed E-state index contributed by atoms with van der Waals surface area (Å²) in [5.41, 5.74) is 11.0. The first-order valence-corrected chi connectivity index (χ1v) is 3.86. The van der Waals surface area contributed by atoms with Crippen molar-refractivity contribution in [2.24, 2.45) is 11.5 Å². The van der Waals surface area contributed by atoms with Crippen LogP contribution in [0.3, 0.4) is 0 Å². The van der Waals surface area contributed by atoms with Crippen molar-refractivity contribution in [2.45, 2.75) is 6.04 Å². The van der Waals surface area contributed by atoms with Crippen molar-refractivity contribution in [3.8, 4) is 0 Å². The average molecular weight is 188 g/mol. The molecule has 0 aliphatic carbocycles. The molecule has 0 radical (unpaired) electrons. The highest BCUT2D eigenvalue weighted by atomic mass is 35.5. The molecule has 1 aromatic rings. The summed E-state index contributed by atoms with van der Waals surface area (Å²) in [5.74, 6) is 0. The lowest BCUT2D eigenvalue weighted by atomic mass is 10.1. The lowest BCUT2D eigenvalue weighted by Crippen LogP contribution is -2.27. The molecule has 1 atom stereocenters. The number of hydrogen-bond donors (Lipinski definition) is 3. The number of aromatic nitrogens is 1. The van der Waals surface area contributed by atoms with Crippen LogP contribution in [0.15, 0.2) is 17.1 Å². The maximum Gasteiger partial charge on any atom is 0.252 e. The van der Waals surface area contributed by atoms with Crippen LogP contribution in [0.5, 0.6) is 0 Å². The van der Waals surface area contributed by atoms with Gasteiger partial charge in [-0.1, -0.05) is 11.6 Å². The Balaban J connectivity index is 3.13. The van der Waals surface area contributed by atoms with Gasteiger partial charge in [-0.2, -0.15) is 0 Å². The summed E-state index contributed by atoms with van der Waals surface area (Å²) in [6.07, 6.45) is 1.41. The van der Waals surface area contributed by atoms with E-state index in [4.69, 9.17) is 23.1 Å². The Labute approximate surface area is 74.5 Å². The third kappa shape index (κ3) is 1.85. The lowest BCUT2D eigenvalue weighted by Gasteiger charge is -2.06. The normalized spacial score (nSPS) is 12.9.